The summed E-state index contributed by atoms with van der Waals surface area (Å²) in [4.78, 5) is 3.68. The van der Waals surface area contributed by atoms with E-state index in [-0.39, 0.29) is 11.3 Å². The van der Waals surface area contributed by atoms with Crippen molar-refractivity contribution in [2.24, 2.45) is 4.99 Å². The van der Waals surface area contributed by atoms with Gasteiger partial charge in [-0.3, -0.25) is 4.99 Å². The molecular formula is C11H18F3N2P. The number of alkyl halides is 2. The molecule has 0 aliphatic carbocycles. The molecule has 0 saturated heterocycles. The van der Waals surface area contributed by atoms with E-state index in [1.807, 2.05) is 6.92 Å². The minimum Gasteiger partial charge on any atom is -0.262 e. The Labute approximate surface area is 102 Å². The van der Waals surface area contributed by atoms with E-state index in [9.17, 15) is 13.3 Å². The minimum absolute atomic E-state index is 0.185. The second-order valence-electron chi connectivity index (χ2n) is 3.60. The fraction of sp³-hybridized carbons (Fsp3) is 0.545. The number of hydrogen-bond donors (Lipinski definition) is 0. The standard InChI is InChI=1S/C11H18F3N2P/c1-4-5-6-10(11(12,13)17)8-15-7-9(2)16(3)14/h6-8H,4-5,17H2,1-3H3/b9-7+,10-6-,15-8+. The van der Waals surface area contributed by atoms with Gasteiger partial charge in [0.25, 0.3) is 5.66 Å². The molecule has 0 amide bonds. The van der Waals surface area contributed by atoms with Crippen LogP contribution >= 0.6 is 9.24 Å². The Kier molecular flexibility index (Phi) is 7.12. The lowest BCUT2D eigenvalue weighted by atomic mass is 10.2. The zero-order valence-corrected chi connectivity index (χ0v) is 11.4. The third-order valence-electron chi connectivity index (χ3n) is 2.00. The highest BCUT2D eigenvalue weighted by Crippen LogP contribution is 2.30. The zero-order chi connectivity index (χ0) is 13.5. The lowest BCUT2D eigenvalue weighted by Crippen LogP contribution is -2.10. The van der Waals surface area contributed by atoms with E-state index in [1.165, 1.54) is 35.5 Å². The number of rotatable bonds is 6. The second-order valence-corrected chi connectivity index (χ2v) is 4.32. The predicted molar refractivity (Wildman–Crippen MR) is 68.8 cm³/mol. The first-order chi connectivity index (χ1) is 7.79. The summed E-state index contributed by atoms with van der Waals surface area (Å²) < 4.78 is 38.8. The van der Waals surface area contributed by atoms with Crippen LogP contribution in [0.4, 0.5) is 13.3 Å². The van der Waals surface area contributed by atoms with Gasteiger partial charge in [-0.25, -0.2) is 5.12 Å². The molecule has 1 atom stereocenters. The zero-order valence-electron chi connectivity index (χ0n) is 10.3. The van der Waals surface area contributed by atoms with E-state index in [0.29, 0.717) is 11.5 Å². The summed E-state index contributed by atoms with van der Waals surface area (Å²) in [6.45, 7) is 3.39. The highest BCUT2D eigenvalue weighted by Gasteiger charge is 2.25. The minimum atomic E-state index is -3.01. The molecule has 0 aliphatic heterocycles. The van der Waals surface area contributed by atoms with Crippen molar-refractivity contribution in [1.82, 2.24) is 5.12 Å². The highest BCUT2D eigenvalue weighted by molar-refractivity contribution is 7.18. The largest absolute Gasteiger partial charge is 0.285 e. The monoisotopic (exact) mass is 266 g/mol. The molecular weight excluding hydrogens is 248 g/mol. The first-order valence-electron chi connectivity index (χ1n) is 5.25. The number of aliphatic imine (C=N–C) groups is 1. The van der Waals surface area contributed by atoms with Crippen LogP contribution in [-0.2, 0) is 0 Å². The van der Waals surface area contributed by atoms with Crippen LogP contribution < -0.4 is 0 Å². The van der Waals surface area contributed by atoms with E-state index in [2.05, 4.69) is 4.99 Å². The molecule has 0 aromatic heterocycles. The first-order valence-corrected chi connectivity index (χ1v) is 5.83. The van der Waals surface area contributed by atoms with Crippen LogP contribution in [0.1, 0.15) is 26.7 Å². The summed E-state index contributed by atoms with van der Waals surface area (Å²) in [5.41, 5.74) is -2.96. The molecule has 0 aromatic rings. The van der Waals surface area contributed by atoms with Crippen molar-refractivity contribution < 1.29 is 13.3 Å². The van der Waals surface area contributed by atoms with Gasteiger partial charge in [0.15, 0.2) is 0 Å². The molecule has 0 spiro atoms. The fourth-order valence-electron chi connectivity index (χ4n) is 0.880. The predicted octanol–water partition coefficient (Wildman–Crippen LogP) is 3.93. The molecule has 0 N–H and O–H groups in total. The SMILES string of the molecule is CCC/C=C(/C=N/C=C(\C)N(C)F)C(F)(F)P. The average Bonchev–Trinajstić information content (AvgIpc) is 2.20. The Morgan fingerprint density at radius 1 is 1.47 bits per heavy atom. The van der Waals surface area contributed by atoms with Gasteiger partial charge in [-0.05, 0) is 13.3 Å². The third kappa shape index (κ3) is 7.16. The highest BCUT2D eigenvalue weighted by atomic mass is 31.0. The van der Waals surface area contributed by atoms with Gasteiger partial charge in [0.1, 0.15) is 0 Å². The summed E-state index contributed by atoms with van der Waals surface area (Å²) in [5.74, 6) is 0. The Morgan fingerprint density at radius 3 is 2.47 bits per heavy atom. The summed E-state index contributed by atoms with van der Waals surface area (Å²) in [5, 5.41) is 0.367. The Bertz CT molecular complexity index is 317. The molecule has 1 unspecified atom stereocenters. The van der Waals surface area contributed by atoms with Crippen molar-refractivity contribution in [2.45, 2.75) is 32.4 Å². The molecule has 2 nitrogen and oxygen atoms in total. The summed E-state index contributed by atoms with van der Waals surface area (Å²) >= 11 is 0. The number of unbranched alkanes of at least 4 members (excludes halogenated alkanes) is 1. The van der Waals surface area contributed by atoms with Crippen LogP contribution in [0.15, 0.2) is 28.5 Å². The van der Waals surface area contributed by atoms with Gasteiger partial charge in [0.2, 0.25) is 0 Å². The molecule has 0 bridgehead atoms. The maximum atomic E-state index is 13.1. The van der Waals surface area contributed by atoms with Crippen LogP contribution in [0.5, 0.6) is 0 Å². The maximum absolute atomic E-state index is 13.1. The maximum Gasteiger partial charge on any atom is 0.285 e. The summed E-state index contributed by atoms with van der Waals surface area (Å²) in [6, 6.07) is 0. The van der Waals surface area contributed by atoms with Crippen LogP contribution in [-0.4, -0.2) is 24.0 Å². The van der Waals surface area contributed by atoms with E-state index < -0.39 is 5.66 Å². The topological polar surface area (TPSA) is 15.6 Å². The van der Waals surface area contributed by atoms with Crippen LogP contribution in [0.3, 0.4) is 0 Å². The van der Waals surface area contributed by atoms with Gasteiger partial charge in [0, 0.05) is 25.0 Å². The van der Waals surface area contributed by atoms with Crippen molar-refractivity contribution >= 4 is 15.5 Å². The van der Waals surface area contributed by atoms with Gasteiger partial charge < -0.3 is 0 Å². The van der Waals surface area contributed by atoms with Gasteiger partial charge in [-0.2, -0.15) is 8.78 Å². The smallest absolute Gasteiger partial charge is 0.262 e. The molecule has 0 aliphatic rings. The van der Waals surface area contributed by atoms with Crippen LogP contribution in [0, 0.1) is 0 Å². The number of nitrogens with zero attached hydrogens (tertiary/aromatic N) is 2. The van der Waals surface area contributed by atoms with Gasteiger partial charge in [0.05, 0.1) is 5.70 Å². The molecule has 17 heavy (non-hydrogen) atoms. The lowest BCUT2D eigenvalue weighted by Gasteiger charge is -2.10. The average molecular weight is 266 g/mol. The molecule has 0 aromatic carbocycles. The number of allylic oxidation sites excluding steroid dienone is 3. The molecule has 0 fully saturated rings. The molecule has 0 heterocycles. The van der Waals surface area contributed by atoms with Crippen molar-refractivity contribution in [3.8, 4) is 0 Å². The van der Waals surface area contributed by atoms with Crippen molar-refractivity contribution in [1.29, 1.82) is 0 Å². The second kappa shape index (κ2) is 7.49. The summed E-state index contributed by atoms with van der Waals surface area (Å²) in [7, 11) is 2.67. The van der Waals surface area contributed by atoms with Gasteiger partial charge in [-0.15, -0.1) is 4.48 Å². The van der Waals surface area contributed by atoms with Crippen molar-refractivity contribution in [3.63, 3.8) is 0 Å². The number of halogens is 3. The van der Waals surface area contributed by atoms with Gasteiger partial charge >= 0.3 is 0 Å². The third-order valence-corrected chi connectivity index (χ3v) is 2.33. The molecule has 0 radical (unpaired) electrons. The van der Waals surface area contributed by atoms with Crippen molar-refractivity contribution in [2.75, 3.05) is 7.05 Å². The molecule has 98 valence electrons. The molecule has 6 heteroatoms. The Hall–Kier alpha value is -0.830. The van der Waals surface area contributed by atoms with E-state index in [0.717, 1.165) is 12.6 Å². The summed E-state index contributed by atoms with van der Waals surface area (Å²) in [6.07, 6.45) is 5.00. The number of hydrogen-bond acceptors (Lipinski definition) is 2. The Balaban J connectivity index is 4.78. The normalized spacial score (nSPS) is 14.5. The van der Waals surface area contributed by atoms with E-state index >= 15 is 0 Å². The van der Waals surface area contributed by atoms with Crippen LogP contribution in [0.25, 0.3) is 0 Å². The molecule has 0 saturated carbocycles. The van der Waals surface area contributed by atoms with Crippen LogP contribution in [0.2, 0.25) is 0 Å². The Morgan fingerprint density at radius 2 is 2.06 bits per heavy atom. The first kappa shape index (κ1) is 16.2. The van der Waals surface area contributed by atoms with Gasteiger partial charge in [-0.1, -0.05) is 28.7 Å². The van der Waals surface area contributed by atoms with Crippen molar-refractivity contribution in [3.05, 3.63) is 23.5 Å². The fourth-order valence-corrected chi connectivity index (χ4v) is 1.07. The molecule has 0 rings (SSSR count). The quantitative estimate of drug-likeness (QED) is 0.404. The lowest BCUT2D eigenvalue weighted by molar-refractivity contribution is 0.108. The van der Waals surface area contributed by atoms with E-state index in [4.69, 9.17) is 0 Å². The van der Waals surface area contributed by atoms with E-state index in [1.54, 1.807) is 0 Å².